The molecule has 2 aromatic rings. The molecule has 4 heteroatoms. The molecule has 0 saturated heterocycles. The number of rotatable bonds is 3. The first-order valence-electron chi connectivity index (χ1n) is 7.86. The van der Waals surface area contributed by atoms with Crippen molar-refractivity contribution in [3.05, 3.63) is 45.9 Å². The Kier molecular flexibility index (Phi) is 4.79. The van der Waals surface area contributed by atoms with Gasteiger partial charge >= 0.3 is 0 Å². The summed E-state index contributed by atoms with van der Waals surface area (Å²) in [6.45, 7) is 0.342. The van der Waals surface area contributed by atoms with Gasteiger partial charge in [-0.2, -0.15) is 0 Å². The van der Waals surface area contributed by atoms with Gasteiger partial charge in [0.05, 0.1) is 0 Å². The number of hydrogen-bond acceptors (Lipinski definition) is 3. The van der Waals surface area contributed by atoms with Gasteiger partial charge in [-0.25, -0.2) is 0 Å². The fourth-order valence-electron chi connectivity index (χ4n) is 3.25. The predicted molar refractivity (Wildman–Crippen MR) is 92.9 cm³/mol. The standard InChI is InChI=1S/C18H21BrN2O/c19-17-10-15(18(22)21-12-6-2-1-3-7-12)16(11-20)13-8-4-5-9-14(13)17/h4-5,8-10,12H,1-3,6-7,11,20H2,(H,21,22)/p-1. The summed E-state index contributed by atoms with van der Waals surface area (Å²) in [5, 5.41) is 14.8. The number of benzene rings is 2. The molecule has 0 spiro atoms. The number of nitrogens with zero attached hydrogens (tertiary/aromatic N) is 1. The van der Waals surface area contributed by atoms with E-state index in [2.05, 4.69) is 20.9 Å². The monoisotopic (exact) mass is 359 g/mol. The largest absolute Gasteiger partial charge is 0.858 e. The summed E-state index contributed by atoms with van der Waals surface area (Å²) < 4.78 is 0.919. The Bertz CT molecular complexity index is 706. The molecule has 0 heterocycles. The lowest BCUT2D eigenvalue weighted by Gasteiger charge is -2.23. The molecular formula is C18H20BrN2O-. The molecule has 0 aromatic heterocycles. The molecule has 0 radical (unpaired) electrons. The van der Waals surface area contributed by atoms with Gasteiger partial charge in [-0.3, -0.25) is 4.99 Å². The molecule has 3 nitrogen and oxygen atoms in total. The highest BCUT2D eigenvalue weighted by Gasteiger charge is 2.14. The van der Waals surface area contributed by atoms with Crippen LogP contribution in [0.4, 0.5) is 0 Å². The minimum atomic E-state index is -0.126. The highest BCUT2D eigenvalue weighted by Crippen LogP contribution is 2.30. The molecule has 0 bridgehead atoms. The zero-order valence-corrected chi connectivity index (χ0v) is 14.1. The third kappa shape index (κ3) is 3.03. The fourth-order valence-corrected chi connectivity index (χ4v) is 3.82. The molecule has 1 fully saturated rings. The minimum Gasteiger partial charge on any atom is -0.858 e. The molecule has 1 saturated carbocycles. The van der Waals surface area contributed by atoms with Crippen molar-refractivity contribution in [2.45, 2.75) is 44.7 Å². The van der Waals surface area contributed by atoms with Crippen LogP contribution in [0.2, 0.25) is 0 Å². The highest BCUT2D eigenvalue weighted by atomic mass is 79.9. The normalized spacial score (nSPS) is 17.1. The second-order valence-electron chi connectivity index (χ2n) is 5.86. The van der Waals surface area contributed by atoms with E-state index in [1.54, 1.807) is 0 Å². The van der Waals surface area contributed by atoms with Crippen molar-refractivity contribution in [3.8, 4) is 0 Å². The van der Waals surface area contributed by atoms with E-state index in [0.717, 1.165) is 33.7 Å². The van der Waals surface area contributed by atoms with Crippen LogP contribution in [0.5, 0.6) is 0 Å². The summed E-state index contributed by atoms with van der Waals surface area (Å²) in [5.74, 6) is -0.126. The Hall–Kier alpha value is -1.39. The van der Waals surface area contributed by atoms with Crippen molar-refractivity contribution < 1.29 is 5.11 Å². The maximum Gasteiger partial charge on any atom is 0.0492 e. The Morgan fingerprint density at radius 3 is 2.55 bits per heavy atom. The van der Waals surface area contributed by atoms with Gasteiger partial charge in [0, 0.05) is 17.1 Å². The lowest BCUT2D eigenvalue weighted by molar-refractivity contribution is -0.213. The Morgan fingerprint density at radius 2 is 1.86 bits per heavy atom. The summed E-state index contributed by atoms with van der Waals surface area (Å²) in [6.07, 6.45) is 5.66. The summed E-state index contributed by atoms with van der Waals surface area (Å²) in [7, 11) is 0. The molecule has 3 rings (SSSR count). The third-order valence-corrected chi connectivity index (χ3v) is 5.07. The van der Waals surface area contributed by atoms with Crippen LogP contribution in [-0.2, 0) is 6.54 Å². The number of aliphatic imine (C=N–C) groups is 1. The Labute approximate surface area is 139 Å². The first-order chi connectivity index (χ1) is 10.7. The van der Waals surface area contributed by atoms with Gasteiger partial charge in [-0.1, -0.05) is 59.5 Å². The molecule has 22 heavy (non-hydrogen) atoms. The first kappa shape index (κ1) is 15.5. The van der Waals surface area contributed by atoms with Gasteiger partial charge in [-0.05, 0) is 46.7 Å². The van der Waals surface area contributed by atoms with Gasteiger partial charge in [0.25, 0.3) is 0 Å². The van der Waals surface area contributed by atoms with Crippen molar-refractivity contribution in [2.24, 2.45) is 10.7 Å². The second kappa shape index (κ2) is 6.80. The van der Waals surface area contributed by atoms with E-state index in [9.17, 15) is 5.11 Å². The molecule has 0 atom stereocenters. The van der Waals surface area contributed by atoms with E-state index in [1.165, 1.54) is 19.3 Å². The van der Waals surface area contributed by atoms with E-state index >= 15 is 0 Å². The first-order valence-corrected chi connectivity index (χ1v) is 8.65. The van der Waals surface area contributed by atoms with E-state index in [-0.39, 0.29) is 11.9 Å². The zero-order chi connectivity index (χ0) is 15.5. The second-order valence-corrected chi connectivity index (χ2v) is 6.71. The van der Waals surface area contributed by atoms with Crippen LogP contribution in [0, 0.1) is 0 Å². The molecule has 0 amide bonds. The molecule has 2 aromatic carbocycles. The molecule has 116 valence electrons. The summed E-state index contributed by atoms with van der Waals surface area (Å²) in [4.78, 5) is 4.45. The van der Waals surface area contributed by atoms with Gasteiger partial charge in [0.15, 0.2) is 0 Å². The van der Waals surface area contributed by atoms with Crippen molar-refractivity contribution >= 4 is 32.6 Å². The SMILES string of the molecule is NCc1c(C([O-])=NC2CCCCC2)cc(Br)c2ccccc12. The van der Waals surface area contributed by atoms with Gasteiger partial charge in [0.2, 0.25) is 0 Å². The van der Waals surface area contributed by atoms with Crippen molar-refractivity contribution in [1.82, 2.24) is 0 Å². The Balaban J connectivity index is 2.07. The van der Waals surface area contributed by atoms with E-state index < -0.39 is 0 Å². The average molecular weight is 360 g/mol. The quantitative estimate of drug-likeness (QED) is 0.673. The molecule has 0 aliphatic heterocycles. The highest BCUT2D eigenvalue weighted by molar-refractivity contribution is 9.10. The number of hydrogen-bond donors (Lipinski definition) is 1. The van der Waals surface area contributed by atoms with Crippen LogP contribution in [-0.4, -0.2) is 11.9 Å². The summed E-state index contributed by atoms with van der Waals surface area (Å²) in [5.41, 5.74) is 7.46. The smallest absolute Gasteiger partial charge is 0.0492 e. The average Bonchev–Trinajstić information content (AvgIpc) is 2.56. The van der Waals surface area contributed by atoms with Crippen molar-refractivity contribution in [1.29, 1.82) is 0 Å². The zero-order valence-electron chi connectivity index (χ0n) is 12.5. The topological polar surface area (TPSA) is 61.4 Å². The molecule has 0 unspecified atom stereocenters. The number of fused-ring (bicyclic) bond motifs is 1. The molecule has 1 aliphatic rings. The summed E-state index contributed by atoms with van der Waals surface area (Å²) >= 11 is 3.57. The Morgan fingerprint density at radius 1 is 1.18 bits per heavy atom. The molecule has 1 aliphatic carbocycles. The van der Waals surface area contributed by atoms with Crippen molar-refractivity contribution in [3.63, 3.8) is 0 Å². The van der Waals surface area contributed by atoms with Crippen LogP contribution in [0.25, 0.3) is 10.8 Å². The lowest BCUT2D eigenvalue weighted by Crippen LogP contribution is -2.25. The van der Waals surface area contributed by atoms with Crippen LogP contribution in [0.1, 0.15) is 43.2 Å². The number of halogens is 1. The van der Waals surface area contributed by atoms with Crippen LogP contribution >= 0.6 is 15.9 Å². The third-order valence-electron chi connectivity index (χ3n) is 4.41. The van der Waals surface area contributed by atoms with Crippen molar-refractivity contribution in [2.75, 3.05) is 0 Å². The van der Waals surface area contributed by atoms with E-state index in [0.29, 0.717) is 12.1 Å². The van der Waals surface area contributed by atoms with Gasteiger partial charge < -0.3 is 10.8 Å². The van der Waals surface area contributed by atoms with E-state index in [1.807, 2.05) is 30.3 Å². The minimum absolute atomic E-state index is 0.126. The van der Waals surface area contributed by atoms with E-state index in [4.69, 9.17) is 5.73 Å². The predicted octanol–water partition coefficient (Wildman–Crippen LogP) is 3.50. The van der Waals surface area contributed by atoms with Gasteiger partial charge in [-0.15, -0.1) is 0 Å². The summed E-state index contributed by atoms with van der Waals surface area (Å²) in [6, 6.07) is 10.1. The van der Waals surface area contributed by atoms with Gasteiger partial charge in [0.1, 0.15) is 0 Å². The number of nitrogens with two attached hydrogens (primary N) is 1. The van der Waals surface area contributed by atoms with Crippen LogP contribution < -0.4 is 10.8 Å². The maximum atomic E-state index is 12.6. The fraction of sp³-hybridized carbons (Fsp3) is 0.389. The molecule has 2 N–H and O–H groups in total. The lowest BCUT2D eigenvalue weighted by atomic mass is 9.95. The maximum absolute atomic E-state index is 12.6. The molecular weight excluding hydrogens is 340 g/mol. The van der Waals surface area contributed by atoms with Crippen LogP contribution in [0.15, 0.2) is 39.8 Å². The van der Waals surface area contributed by atoms with Crippen LogP contribution in [0.3, 0.4) is 0 Å².